The molecule has 0 unspecified atom stereocenters. The lowest BCUT2D eigenvalue weighted by Gasteiger charge is -2.14. The minimum Gasteiger partial charge on any atom is -0.399 e. The Balaban J connectivity index is 2.47. The Hall–Kier alpha value is -2.05. The van der Waals surface area contributed by atoms with Crippen molar-refractivity contribution in [3.05, 3.63) is 47.5 Å². The Morgan fingerprint density at radius 1 is 1.00 bits per heavy atom. The number of anilines is 3. The molecule has 0 aliphatic heterocycles. The molecule has 21 heavy (non-hydrogen) atoms. The van der Waals surface area contributed by atoms with E-state index in [0.717, 1.165) is 11.3 Å². The zero-order chi connectivity index (χ0) is 15.6. The maximum atomic E-state index is 12.1. The molecule has 0 spiro atoms. The molecule has 2 aromatic rings. The van der Waals surface area contributed by atoms with Crippen molar-refractivity contribution >= 4 is 27.1 Å². The Labute approximate surface area is 125 Å². The van der Waals surface area contributed by atoms with Crippen molar-refractivity contribution in [1.82, 2.24) is 4.72 Å². The minimum atomic E-state index is -3.58. The van der Waals surface area contributed by atoms with Crippen LogP contribution in [0, 0.1) is 13.8 Å². The van der Waals surface area contributed by atoms with Gasteiger partial charge in [-0.25, -0.2) is 13.1 Å². The van der Waals surface area contributed by atoms with E-state index in [9.17, 15) is 8.42 Å². The van der Waals surface area contributed by atoms with Crippen LogP contribution in [-0.4, -0.2) is 15.5 Å². The van der Waals surface area contributed by atoms with Gasteiger partial charge >= 0.3 is 0 Å². The normalized spacial score (nSPS) is 11.4. The van der Waals surface area contributed by atoms with Crippen LogP contribution < -0.4 is 15.8 Å². The molecule has 0 amide bonds. The third kappa shape index (κ3) is 3.34. The second-order valence-corrected chi connectivity index (χ2v) is 6.74. The van der Waals surface area contributed by atoms with Crippen LogP contribution in [-0.2, 0) is 10.0 Å². The summed E-state index contributed by atoms with van der Waals surface area (Å²) in [6, 6.07) is 10.6. The molecule has 6 heteroatoms. The molecule has 0 atom stereocenters. The molecule has 0 saturated heterocycles. The van der Waals surface area contributed by atoms with Crippen LogP contribution in [0.1, 0.15) is 11.1 Å². The van der Waals surface area contributed by atoms with E-state index in [0.29, 0.717) is 11.4 Å². The number of aryl methyl sites for hydroxylation is 2. The lowest BCUT2D eigenvalue weighted by molar-refractivity contribution is 0.588. The van der Waals surface area contributed by atoms with Gasteiger partial charge in [0.05, 0.1) is 5.69 Å². The summed E-state index contributed by atoms with van der Waals surface area (Å²) in [6.45, 7) is 4.04. The average Bonchev–Trinajstić information content (AvgIpc) is 2.44. The highest BCUT2D eigenvalue weighted by molar-refractivity contribution is 7.89. The summed E-state index contributed by atoms with van der Waals surface area (Å²) in [5.41, 5.74) is 9.73. The molecule has 112 valence electrons. The van der Waals surface area contributed by atoms with Gasteiger partial charge in [0, 0.05) is 11.4 Å². The van der Waals surface area contributed by atoms with Crippen molar-refractivity contribution in [2.45, 2.75) is 18.7 Å². The summed E-state index contributed by atoms with van der Waals surface area (Å²) in [5.74, 6) is 0. The van der Waals surface area contributed by atoms with Gasteiger partial charge in [0.1, 0.15) is 4.90 Å². The number of nitrogens with two attached hydrogens (primary N) is 1. The molecule has 0 bridgehead atoms. The van der Waals surface area contributed by atoms with Crippen molar-refractivity contribution in [1.29, 1.82) is 0 Å². The Bertz CT molecular complexity index is 770. The second kappa shape index (κ2) is 5.75. The van der Waals surface area contributed by atoms with E-state index >= 15 is 0 Å². The van der Waals surface area contributed by atoms with Gasteiger partial charge in [0.2, 0.25) is 10.0 Å². The summed E-state index contributed by atoms with van der Waals surface area (Å²) in [7, 11) is -2.21. The van der Waals surface area contributed by atoms with Gasteiger partial charge in [-0.1, -0.05) is 6.07 Å². The van der Waals surface area contributed by atoms with Crippen molar-refractivity contribution in [3.63, 3.8) is 0 Å². The topological polar surface area (TPSA) is 84.2 Å². The first-order valence-corrected chi connectivity index (χ1v) is 7.99. The number of sulfonamides is 1. The third-order valence-electron chi connectivity index (χ3n) is 3.35. The molecule has 4 N–H and O–H groups in total. The van der Waals surface area contributed by atoms with Gasteiger partial charge in [0.25, 0.3) is 0 Å². The number of nitrogen functional groups attached to an aromatic ring is 1. The van der Waals surface area contributed by atoms with Crippen molar-refractivity contribution in [2.75, 3.05) is 18.1 Å². The standard InChI is InChI=1S/C15H19N3O2S/c1-10-4-6-13(8-11(10)2)18-14-7-5-12(16)9-15(14)21(19,20)17-3/h4-9,17-18H,16H2,1-3H3. The second-order valence-electron chi connectivity index (χ2n) is 4.89. The van der Waals surface area contributed by atoms with E-state index in [1.807, 2.05) is 32.0 Å². The molecular formula is C15H19N3O2S. The first-order chi connectivity index (χ1) is 9.83. The number of hydrogen-bond donors (Lipinski definition) is 3. The minimum absolute atomic E-state index is 0.128. The van der Waals surface area contributed by atoms with Crippen LogP contribution >= 0.6 is 0 Å². The molecule has 0 radical (unpaired) electrons. The summed E-state index contributed by atoms with van der Waals surface area (Å²) >= 11 is 0. The van der Waals surface area contributed by atoms with Gasteiger partial charge in [-0.05, 0) is 62.4 Å². The van der Waals surface area contributed by atoms with Gasteiger partial charge in [-0.2, -0.15) is 0 Å². The Morgan fingerprint density at radius 2 is 1.71 bits per heavy atom. The maximum absolute atomic E-state index is 12.1. The quantitative estimate of drug-likeness (QED) is 0.758. The fourth-order valence-electron chi connectivity index (χ4n) is 1.95. The summed E-state index contributed by atoms with van der Waals surface area (Å²) in [4.78, 5) is 0.128. The number of benzene rings is 2. The van der Waals surface area contributed by atoms with Gasteiger partial charge in [0.15, 0.2) is 0 Å². The molecule has 0 heterocycles. The van der Waals surface area contributed by atoms with Crippen LogP contribution in [0.3, 0.4) is 0 Å². The maximum Gasteiger partial charge on any atom is 0.242 e. The van der Waals surface area contributed by atoms with Crippen molar-refractivity contribution < 1.29 is 8.42 Å². The first kappa shape index (κ1) is 15.3. The van der Waals surface area contributed by atoms with Crippen LogP contribution in [0.2, 0.25) is 0 Å². The molecule has 0 aliphatic rings. The van der Waals surface area contributed by atoms with Crippen molar-refractivity contribution in [2.24, 2.45) is 0 Å². The summed E-state index contributed by atoms with van der Waals surface area (Å²) in [6.07, 6.45) is 0. The number of rotatable bonds is 4. The summed E-state index contributed by atoms with van der Waals surface area (Å²) < 4.78 is 26.5. The van der Waals surface area contributed by atoms with Gasteiger partial charge < -0.3 is 11.1 Å². The zero-order valence-electron chi connectivity index (χ0n) is 12.3. The molecule has 0 saturated carbocycles. The van der Waals surface area contributed by atoms with Crippen LogP contribution in [0.25, 0.3) is 0 Å². The highest BCUT2D eigenvalue weighted by Gasteiger charge is 2.17. The zero-order valence-corrected chi connectivity index (χ0v) is 13.1. The number of hydrogen-bond acceptors (Lipinski definition) is 4. The Kier molecular flexibility index (Phi) is 4.20. The van der Waals surface area contributed by atoms with E-state index in [-0.39, 0.29) is 4.90 Å². The molecule has 0 fully saturated rings. The largest absolute Gasteiger partial charge is 0.399 e. The fraction of sp³-hybridized carbons (Fsp3) is 0.200. The number of nitrogens with one attached hydrogen (secondary N) is 2. The van der Waals surface area contributed by atoms with E-state index < -0.39 is 10.0 Å². The van der Waals surface area contributed by atoms with E-state index in [4.69, 9.17) is 5.73 Å². The predicted molar refractivity (Wildman–Crippen MR) is 86.3 cm³/mol. The van der Waals surface area contributed by atoms with Crippen molar-refractivity contribution in [3.8, 4) is 0 Å². The lowest BCUT2D eigenvalue weighted by Crippen LogP contribution is -2.20. The fourth-order valence-corrected chi connectivity index (χ4v) is 2.87. The molecular weight excluding hydrogens is 286 g/mol. The predicted octanol–water partition coefficient (Wildman–Crippen LogP) is 2.54. The van der Waals surface area contributed by atoms with E-state index in [1.165, 1.54) is 18.7 Å². The third-order valence-corrected chi connectivity index (χ3v) is 4.80. The highest BCUT2D eigenvalue weighted by Crippen LogP contribution is 2.27. The van der Waals surface area contributed by atoms with Crippen LogP contribution in [0.5, 0.6) is 0 Å². The molecule has 2 aromatic carbocycles. The van der Waals surface area contributed by atoms with Gasteiger partial charge in [-0.3, -0.25) is 0 Å². The van der Waals surface area contributed by atoms with Gasteiger partial charge in [-0.15, -0.1) is 0 Å². The summed E-state index contributed by atoms with van der Waals surface area (Å²) in [5, 5.41) is 3.13. The molecule has 0 aliphatic carbocycles. The molecule has 2 rings (SSSR count). The smallest absolute Gasteiger partial charge is 0.242 e. The first-order valence-electron chi connectivity index (χ1n) is 6.51. The highest BCUT2D eigenvalue weighted by atomic mass is 32.2. The Morgan fingerprint density at radius 3 is 2.33 bits per heavy atom. The molecule has 5 nitrogen and oxygen atoms in total. The SMILES string of the molecule is CNS(=O)(=O)c1cc(N)ccc1Nc1ccc(C)c(C)c1. The molecule has 0 aromatic heterocycles. The van der Waals surface area contributed by atoms with Crippen LogP contribution in [0.4, 0.5) is 17.1 Å². The monoisotopic (exact) mass is 305 g/mol. The van der Waals surface area contributed by atoms with Crippen LogP contribution in [0.15, 0.2) is 41.3 Å². The lowest BCUT2D eigenvalue weighted by atomic mass is 10.1. The van der Waals surface area contributed by atoms with E-state index in [1.54, 1.807) is 12.1 Å². The average molecular weight is 305 g/mol. The van der Waals surface area contributed by atoms with E-state index in [2.05, 4.69) is 10.0 Å².